The van der Waals surface area contributed by atoms with Crippen molar-refractivity contribution in [1.29, 1.82) is 0 Å². The lowest BCUT2D eigenvalue weighted by Gasteiger charge is -2.36. The highest BCUT2D eigenvalue weighted by atomic mass is 16.5. The molecule has 0 saturated carbocycles. The van der Waals surface area contributed by atoms with Gasteiger partial charge in [-0.3, -0.25) is 9.59 Å². The third kappa shape index (κ3) is 31.9. The fraction of sp³-hybridized carbons (Fsp3) is 0.893. The van der Waals surface area contributed by atoms with Crippen LogP contribution < -0.4 is 0 Å². The Morgan fingerprint density at radius 3 is 1.53 bits per heavy atom. The number of carbonyl (C=O) groups excluding carboxylic acids is 2. The van der Waals surface area contributed by atoms with E-state index in [0.717, 1.165) is 96.6 Å². The predicted molar refractivity (Wildman–Crippen MR) is 269 cm³/mol. The first-order valence-corrected chi connectivity index (χ1v) is 27.2. The summed E-state index contributed by atoms with van der Waals surface area (Å²) >= 11 is 0. The number of hydrogen-bond acceptors (Lipinski definition) is 6. The van der Waals surface area contributed by atoms with Crippen molar-refractivity contribution < 1.29 is 19.1 Å². The summed E-state index contributed by atoms with van der Waals surface area (Å²) in [6.45, 7) is 19.4. The summed E-state index contributed by atoms with van der Waals surface area (Å²) < 4.78 is 12.1. The quantitative estimate of drug-likeness (QED) is 0.0579. The van der Waals surface area contributed by atoms with Gasteiger partial charge < -0.3 is 19.3 Å². The summed E-state index contributed by atoms with van der Waals surface area (Å²) in [7, 11) is 4.38. The molecule has 6 heteroatoms. The number of ether oxygens (including phenoxy) is 2. The fourth-order valence-corrected chi connectivity index (χ4v) is 9.67. The zero-order valence-corrected chi connectivity index (χ0v) is 42.8. The van der Waals surface area contributed by atoms with E-state index in [-0.39, 0.29) is 11.9 Å². The number of hydrogen-bond donors (Lipinski definition) is 0. The SMILES string of the molecule is C=C(CCCCCCCC)N(CCCN(C)C)C1CCCCCCCCC(=O)OCC(CCCC)C/C(=C(/C)CCC)CC(CCCCCC)COC(=O)CCCCCCCC1. The van der Waals surface area contributed by atoms with E-state index in [1.54, 1.807) is 0 Å². The van der Waals surface area contributed by atoms with Gasteiger partial charge in [-0.25, -0.2) is 0 Å². The molecule has 0 aromatic carbocycles. The Kier molecular flexibility index (Phi) is 38.2. The largest absolute Gasteiger partial charge is 0.465 e. The maximum Gasteiger partial charge on any atom is 0.305 e. The van der Waals surface area contributed by atoms with Crippen molar-refractivity contribution in [3.8, 4) is 0 Å². The smallest absolute Gasteiger partial charge is 0.305 e. The van der Waals surface area contributed by atoms with E-state index in [4.69, 9.17) is 16.1 Å². The molecule has 0 spiro atoms. The molecule has 3 unspecified atom stereocenters. The standard InChI is InChI=1S/C56H106N2O4/c1-9-13-16-18-23-28-36-50(6)58(44-34-43-57(7)8)54-39-30-24-19-21-26-32-41-55(59)61-47-51(37-15-11-3)45-53(49(5)35-12-4)46-52(38-29-17-14-10-2)48-62-56(60)42-33-27-22-20-25-31-40-54/h51-52,54H,6,9-48H2,1-5,7-8H3/b53-49+. The molecule has 1 aliphatic heterocycles. The first-order chi connectivity index (χ1) is 30.1. The zero-order valence-electron chi connectivity index (χ0n) is 42.8. The molecule has 62 heavy (non-hydrogen) atoms. The molecular weight excluding hydrogens is 765 g/mol. The molecule has 0 amide bonds. The van der Waals surface area contributed by atoms with Crippen LogP contribution in [0.1, 0.15) is 266 Å². The Morgan fingerprint density at radius 1 is 0.548 bits per heavy atom. The molecule has 1 fully saturated rings. The third-order valence-electron chi connectivity index (χ3n) is 13.7. The van der Waals surface area contributed by atoms with Crippen molar-refractivity contribution in [2.24, 2.45) is 11.8 Å². The van der Waals surface area contributed by atoms with Crippen LogP contribution in [0, 0.1) is 11.8 Å². The Balaban J connectivity index is 3.09. The lowest BCUT2D eigenvalue weighted by molar-refractivity contribution is -0.146. The van der Waals surface area contributed by atoms with Crippen molar-refractivity contribution in [2.45, 2.75) is 272 Å². The van der Waals surface area contributed by atoms with Gasteiger partial charge in [0.15, 0.2) is 0 Å². The summed E-state index contributed by atoms with van der Waals surface area (Å²) in [5.74, 6) is 0.656. The average Bonchev–Trinajstić information content (AvgIpc) is 3.25. The molecule has 0 aliphatic carbocycles. The monoisotopic (exact) mass is 871 g/mol. The average molecular weight is 871 g/mol. The Labute approximate surface area is 386 Å². The van der Waals surface area contributed by atoms with Gasteiger partial charge in [0.05, 0.1) is 13.2 Å². The molecule has 364 valence electrons. The van der Waals surface area contributed by atoms with E-state index in [1.807, 2.05) is 0 Å². The van der Waals surface area contributed by atoms with Gasteiger partial charge in [0, 0.05) is 31.1 Å². The highest BCUT2D eigenvalue weighted by Gasteiger charge is 2.22. The van der Waals surface area contributed by atoms with Crippen LogP contribution in [-0.4, -0.2) is 68.2 Å². The van der Waals surface area contributed by atoms with E-state index < -0.39 is 0 Å². The fourth-order valence-electron chi connectivity index (χ4n) is 9.67. The summed E-state index contributed by atoms with van der Waals surface area (Å²) in [6, 6.07) is 0.569. The van der Waals surface area contributed by atoms with E-state index in [1.165, 1.54) is 152 Å². The summed E-state index contributed by atoms with van der Waals surface area (Å²) in [6.07, 6.45) is 41.5. The minimum absolute atomic E-state index is 0.0151. The van der Waals surface area contributed by atoms with Crippen molar-refractivity contribution in [1.82, 2.24) is 9.80 Å². The van der Waals surface area contributed by atoms with E-state index >= 15 is 0 Å². The van der Waals surface area contributed by atoms with Crippen LogP contribution in [0.2, 0.25) is 0 Å². The zero-order chi connectivity index (χ0) is 45.5. The normalized spacial score (nSPS) is 21.7. The topological polar surface area (TPSA) is 59.1 Å². The second kappa shape index (κ2) is 40.7. The van der Waals surface area contributed by atoms with Crippen molar-refractivity contribution in [2.75, 3.05) is 40.4 Å². The number of nitrogens with zero attached hydrogens (tertiary/aromatic N) is 2. The minimum Gasteiger partial charge on any atom is -0.465 e. The van der Waals surface area contributed by atoms with Gasteiger partial charge >= 0.3 is 11.9 Å². The van der Waals surface area contributed by atoms with Gasteiger partial charge in [0.1, 0.15) is 0 Å². The first kappa shape index (κ1) is 58.2. The van der Waals surface area contributed by atoms with Crippen molar-refractivity contribution >= 4 is 11.9 Å². The number of esters is 2. The van der Waals surface area contributed by atoms with Crippen LogP contribution in [0.4, 0.5) is 0 Å². The first-order valence-electron chi connectivity index (χ1n) is 27.2. The summed E-state index contributed by atoms with van der Waals surface area (Å²) in [4.78, 5) is 31.3. The maximum atomic E-state index is 13.1. The van der Waals surface area contributed by atoms with Crippen LogP contribution in [0.25, 0.3) is 0 Å². The lowest BCUT2D eigenvalue weighted by atomic mass is 9.84. The molecule has 0 N–H and O–H groups in total. The number of cyclic esters (lactones) is 2. The lowest BCUT2D eigenvalue weighted by Crippen LogP contribution is -2.36. The highest BCUT2D eigenvalue weighted by molar-refractivity contribution is 5.69. The second-order valence-electron chi connectivity index (χ2n) is 20.0. The molecule has 1 aliphatic rings. The Hall–Kier alpha value is -1.82. The molecule has 1 saturated heterocycles. The van der Waals surface area contributed by atoms with E-state index in [0.29, 0.717) is 43.9 Å². The van der Waals surface area contributed by atoms with E-state index in [2.05, 4.69) is 58.5 Å². The Bertz CT molecular complexity index is 1120. The molecule has 0 aromatic rings. The van der Waals surface area contributed by atoms with Gasteiger partial charge in [-0.1, -0.05) is 187 Å². The summed E-state index contributed by atoms with van der Waals surface area (Å²) in [5.41, 5.74) is 4.39. The van der Waals surface area contributed by atoms with Crippen LogP contribution in [0.3, 0.4) is 0 Å². The van der Waals surface area contributed by atoms with Crippen LogP contribution in [0.5, 0.6) is 0 Å². The molecule has 3 atom stereocenters. The summed E-state index contributed by atoms with van der Waals surface area (Å²) in [5, 5.41) is 0. The predicted octanol–water partition coefficient (Wildman–Crippen LogP) is 16.5. The molecule has 6 nitrogen and oxygen atoms in total. The van der Waals surface area contributed by atoms with Gasteiger partial charge in [-0.15, -0.1) is 0 Å². The van der Waals surface area contributed by atoms with Crippen molar-refractivity contribution in [3.05, 3.63) is 23.4 Å². The van der Waals surface area contributed by atoms with E-state index in [9.17, 15) is 9.59 Å². The number of carbonyl (C=O) groups is 2. The van der Waals surface area contributed by atoms with Crippen molar-refractivity contribution in [3.63, 3.8) is 0 Å². The molecule has 1 heterocycles. The molecule has 1 rings (SSSR count). The highest BCUT2D eigenvalue weighted by Crippen LogP contribution is 2.31. The van der Waals surface area contributed by atoms with Crippen LogP contribution in [0.15, 0.2) is 23.4 Å². The number of unbranched alkanes of at least 4 members (excludes halogenated alkanes) is 9. The molecule has 0 bridgehead atoms. The molecular formula is C56H106N2O4. The van der Waals surface area contributed by atoms with Crippen LogP contribution >= 0.6 is 0 Å². The third-order valence-corrected chi connectivity index (χ3v) is 13.7. The Morgan fingerprint density at radius 2 is 1.02 bits per heavy atom. The maximum absolute atomic E-state index is 13.1. The molecule has 0 aromatic heterocycles. The van der Waals surface area contributed by atoms with Gasteiger partial charge in [-0.05, 0) is 116 Å². The molecule has 0 radical (unpaired) electrons. The minimum atomic E-state index is -0.0189. The number of rotatable bonds is 23. The van der Waals surface area contributed by atoms with Crippen LogP contribution in [-0.2, 0) is 19.1 Å². The number of allylic oxidation sites excluding steroid dienone is 3. The van der Waals surface area contributed by atoms with Gasteiger partial charge in [0.2, 0.25) is 0 Å². The van der Waals surface area contributed by atoms with Gasteiger partial charge in [0.25, 0.3) is 0 Å². The second-order valence-corrected chi connectivity index (χ2v) is 20.0. The van der Waals surface area contributed by atoms with Gasteiger partial charge in [-0.2, -0.15) is 0 Å².